The molecule has 0 saturated carbocycles. The molecular formula is C34H41Cl3N2O8. The van der Waals surface area contributed by atoms with Crippen LogP contribution in [0.3, 0.4) is 0 Å². The van der Waals surface area contributed by atoms with Gasteiger partial charge in [0.2, 0.25) is 0 Å². The molecule has 10 nitrogen and oxygen atoms in total. The van der Waals surface area contributed by atoms with Gasteiger partial charge < -0.3 is 23.7 Å². The Kier molecular flexibility index (Phi) is 11.6. The van der Waals surface area contributed by atoms with E-state index >= 15 is 0 Å². The standard InChI is InChI=1S/C17H19NO5.C15H17NO3.CHCl3.CH4/c1-2-21-17(20)18-12-8-11(9-13(18)15-14(12)23-15)22-16(19)10-6-4-3-5-7-10;1-16-11-7-10(8-12(16)14-13(11)19-14)18-15(17)9-5-3-2-4-6-9;2-1(3)4;/h3-7,11-15H,2,8-9H2,1H3;2-6,10-14H,7-8H2,1H3;1H;1H4/t11?,12?,13?,14-,15+;10?,11?,12?,13-,14+;;. The van der Waals surface area contributed by atoms with Gasteiger partial charge >= 0.3 is 18.0 Å². The summed E-state index contributed by atoms with van der Waals surface area (Å²) in [5, 5.41) is 0. The smallest absolute Gasteiger partial charge is 0.410 e. The summed E-state index contributed by atoms with van der Waals surface area (Å²) < 4.78 is 27.0. The van der Waals surface area contributed by atoms with Crippen LogP contribution in [0.5, 0.6) is 0 Å². The van der Waals surface area contributed by atoms with Gasteiger partial charge in [-0.1, -0.05) is 78.6 Å². The number of piperidine rings is 2. The number of alkyl halides is 3. The number of halogens is 3. The quantitative estimate of drug-likeness (QED) is 0.158. The second-order valence-electron chi connectivity index (χ2n) is 12.1. The van der Waals surface area contributed by atoms with Crippen molar-refractivity contribution in [2.75, 3.05) is 13.7 Å². The van der Waals surface area contributed by atoms with Crippen LogP contribution in [-0.4, -0.2) is 107 Å². The molecule has 0 spiro atoms. The molecule has 6 fully saturated rings. The first-order chi connectivity index (χ1) is 22.2. The molecule has 6 aliphatic heterocycles. The van der Waals surface area contributed by atoms with Gasteiger partial charge in [-0.2, -0.15) is 0 Å². The Balaban J connectivity index is 0.000000165. The number of likely N-dealkylation sites (N-methyl/N-ethyl adjacent to an activating group) is 1. The summed E-state index contributed by atoms with van der Waals surface area (Å²) in [4.78, 5) is 40.5. The Labute approximate surface area is 290 Å². The summed E-state index contributed by atoms with van der Waals surface area (Å²) >= 11 is 14.4. The largest absolute Gasteiger partial charge is 0.459 e. The number of esters is 2. The molecule has 0 radical (unpaired) electrons. The Bertz CT molecular complexity index is 1350. The maximum Gasteiger partial charge on any atom is 0.410 e. The summed E-state index contributed by atoms with van der Waals surface area (Å²) in [5.74, 6) is -0.515. The van der Waals surface area contributed by atoms with Gasteiger partial charge in [0.1, 0.15) is 36.6 Å². The molecule has 6 heterocycles. The number of morpholine rings is 2. The number of amides is 1. The van der Waals surface area contributed by atoms with Crippen LogP contribution in [0.1, 0.15) is 60.7 Å². The van der Waals surface area contributed by atoms with E-state index in [1.165, 1.54) is 0 Å². The molecule has 2 aromatic carbocycles. The molecule has 10 atom stereocenters. The van der Waals surface area contributed by atoms with Crippen molar-refractivity contribution in [3.05, 3.63) is 71.8 Å². The molecule has 6 unspecified atom stereocenters. The van der Waals surface area contributed by atoms with Crippen molar-refractivity contribution in [1.82, 2.24) is 9.80 Å². The van der Waals surface area contributed by atoms with Crippen molar-refractivity contribution in [3.8, 4) is 0 Å². The maximum atomic E-state index is 12.2. The first-order valence-electron chi connectivity index (χ1n) is 15.6. The topological polar surface area (TPSA) is 110 Å². The predicted octanol–water partition coefficient (Wildman–Crippen LogP) is 6.06. The fraction of sp³-hybridized carbons (Fsp3) is 0.559. The first-order valence-corrected chi connectivity index (χ1v) is 16.9. The van der Waals surface area contributed by atoms with Crippen molar-refractivity contribution < 1.29 is 38.1 Å². The minimum absolute atomic E-state index is 0. The average Bonchev–Trinajstić information content (AvgIpc) is 3.95. The van der Waals surface area contributed by atoms with E-state index in [1.807, 2.05) is 36.4 Å². The molecule has 2 aromatic rings. The number of nitrogens with zero attached hydrogens (tertiary/aromatic N) is 2. The lowest BCUT2D eigenvalue weighted by molar-refractivity contribution is -0.0294. The van der Waals surface area contributed by atoms with Crippen LogP contribution in [0.4, 0.5) is 4.79 Å². The third kappa shape index (κ3) is 8.00. The van der Waals surface area contributed by atoms with Crippen LogP contribution in [-0.2, 0) is 23.7 Å². The van der Waals surface area contributed by atoms with E-state index in [0.29, 0.717) is 54.9 Å². The maximum absolute atomic E-state index is 12.2. The zero-order valence-corrected chi connectivity index (χ0v) is 27.7. The fourth-order valence-electron chi connectivity index (χ4n) is 7.40. The molecule has 1 amide bonds. The molecule has 13 heteroatoms. The van der Waals surface area contributed by atoms with Gasteiger partial charge in [0.05, 0.1) is 29.8 Å². The molecule has 8 rings (SSSR count). The van der Waals surface area contributed by atoms with Crippen molar-refractivity contribution in [2.24, 2.45) is 0 Å². The molecular weight excluding hydrogens is 671 g/mol. The van der Waals surface area contributed by atoms with Gasteiger partial charge in [-0.15, -0.1) is 0 Å². The third-order valence-electron chi connectivity index (χ3n) is 9.46. The number of hydrogen-bond donors (Lipinski definition) is 0. The Morgan fingerprint density at radius 2 is 1.09 bits per heavy atom. The van der Waals surface area contributed by atoms with Crippen molar-refractivity contribution in [1.29, 1.82) is 0 Å². The lowest BCUT2D eigenvalue weighted by Gasteiger charge is -2.39. The van der Waals surface area contributed by atoms with Gasteiger partial charge in [0.25, 0.3) is 0 Å². The zero-order chi connectivity index (χ0) is 32.5. The van der Waals surface area contributed by atoms with E-state index in [9.17, 15) is 14.4 Å². The SMILES string of the molecule is C.CCOC(=O)N1C2CC(OC(=O)c3ccccc3)CC1[C@@H]1O[C@H]21.CN1C2CC(OC(=O)c3ccccc3)CC1[C@@H]1O[C@H]21.ClC(Cl)Cl. The summed E-state index contributed by atoms with van der Waals surface area (Å²) in [6.07, 6.45) is 3.49. The first kappa shape index (κ1) is 35.7. The highest BCUT2D eigenvalue weighted by atomic mass is 35.6. The van der Waals surface area contributed by atoms with Crippen LogP contribution in [0.2, 0.25) is 0 Å². The van der Waals surface area contributed by atoms with E-state index < -0.39 is 4.30 Å². The Hall–Kier alpha value is -2.60. The van der Waals surface area contributed by atoms with Gasteiger partial charge in [-0.25, -0.2) is 14.4 Å². The number of rotatable bonds is 5. The van der Waals surface area contributed by atoms with E-state index in [1.54, 1.807) is 36.1 Å². The summed E-state index contributed by atoms with van der Waals surface area (Å²) in [6, 6.07) is 18.9. The number of carbonyl (C=O) groups excluding carboxylic acids is 3. The van der Waals surface area contributed by atoms with Crippen LogP contribution < -0.4 is 0 Å². The molecule has 0 N–H and O–H groups in total. The van der Waals surface area contributed by atoms with E-state index in [0.717, 1.165) is 12.8 Å². The van der Waals surface area contributed by atoms with Crippen LogP contribution in [0.25, 0.3) is 0 Å². The molecule has 6 aliphatic rings. The van der Waals surface area contributed by atoms with Crippen LogP contribution >= 0.6 is 34.8 Å². The summed E-state index contributed by atoms with van der Waals surface area (Å²) in [7, 11) is 2.15. The highest BCUT2D eigenvalue weighted by molar-refractivity contribution is 6.63. The van der Waals surface area contributed by atoms with Gasteiger partial charge in [0.15, 0.2) is 4.30 Å². The Morgan fingerprint density at radius 3 is 1.47 bits per heavy atom. The second-order valence-corrected chi connectivity index (χ2v) is 14.1. The van der Waals surface area contributed by atoms with E-state index in [-0.39, 0.29) is 62.0 Å². The normalized spacial score (nSPS) is 33.4. The van der Waals surface area contributed by atoms with Crippen LogP contribution in [0.15, 0.2) is 60.7 Å². The molecule has 0 aromatic heterocycles. The van der Waals surface area contributed by atoms with Crippen molar-refractivity contribution >= 4 is 52.8 Å². The lowest BCUT2D eigenvalue weighted by atomic mass is 9.99. The third-order valence-corrected chi connectivity index (χ3v) is 9.46. The Morgan fingerprint density at radius 1 is 0.723 bits per heavy atom. The molecule has 256 valence electrons. The highest BCUT2D eigenvalue weighted by Crippen LogP contribution is 2.49. The molecule has 4 bridgehead atoms. The van der Waals surface area contributed by atoms with E-state index in [2.05, 4.69) is 11.9 Å². The van der Waals surface area contributed by atoms with Crippen molar-refractivity contribution in [3.63, 3.8) is 0 Å². The number of carbonyl (C=O) groups is 3. The number of fused-ring (bicyclic) bond motifs is 10. The average molecular weight is 712 g/mol. The second kappa shape index (κ2) is 15.3. The van der Waals surface area contributed by atoms with Gasteiger partial charge in [-0.3, -0.25) is 9.80 Å². The molecule has 47 heavy (non-hydrogen) atoms. The fourth-order valence-corrected chi connectivity index (χ4v) is 7.40. The van der Waals surface area contributed by atoms with Gasteiger partial charge in [0, 0.05) is 37.8 Å². The monoisotopic (exact) mass is 710 g/mol. The number of hydrogen-bond acceptors (Lipinski definition) is 9. The zero-order valence-electron chi connectivity index (χ0n) is 25.5. The minimum Gasteiger partial charge on any atom is -0.459 e. The summed E-state index contributed by atoms with van der Waals surface area (Å²) in [5.41, 5.74) is 1.18. The predicted molar refractivity (Wildman–Crippen MR) is 177 cm³/mol. The van der Waals surface area contributed by atoms with Crippen LogP contribution in [0, 0.1) is 0 Å². The number of ether oxygens (including phenoxy) is 5. The number of epoxide rings is 2. The van der Waals surface area contributed by atoms with Gasteiger partial charge in [-0.05, 0) is 38.2 Å². The van der Waals surface area contributed by atoms with E-state index in [4.69, 9.17) is 58.5 Å². The lowest BCUT2D eigenvalue weighted by Crippen LogP contribution is -2.52. The van der Waals surface area contributed by atoms with Crippen molar-refractivity contribution in [2.45, 2.75) is 105 Å². The highest BCUT2D eigenvalue weighted by Gasteiger charge is 2.66. The minimum atomic E-state index is -0.750. The molecule has 0 aliphatic carbocycles. The molecule has 6 saturated heterocycles. The number of benzene rings is 2. The summed E-state index contributed by atoms with van der Waals surface area (Å²) in [6.45, 7) is 2.16.